The molecule has 0 amide bonds. The van der Waals surface area contributed by atoms with Gasteiger partial charge in [0.05, 0.1) is 11.3 Å². The Morgan fingerprint density at radius 1 is 1.17 bits per heavy atom. The minimum Gasteiger partial charge on any atom is -0.478 e. The van der Waals surface area contributed by atoms with Crippen molar-refractivity contribution in [3.05, 3.63) is 63.6 Å². The van der Waals surface area contributed by atoms with Crippen molar-refractivity contribution in [2.75, 3.05) is 0 Å². The second-order valence-electron chi connectivity index (χ2n) is 4.22. The smallest absolute Gasteiger partial charge is 0.337 e. The molecule has 4 nitrogen and oxygen atoms in total. The van der Waals surface area contributed by atoms with E-state index in [2.05, 4.69) is 0 Å². The molecule has 92 valence electrons. The Morgan fingerprint density at radius 3 is 2.50 bits per heavy atom. The van der Waals surface area contributed by atoms with Gasteiger partial charge in [0, 0.05) is 12.3 Å². The number of benzene rings is 1. The average Bonchev–Trinajstić information content (AvgIpc) is 2.30. The molecule has 0 aliphatic rings. The lowest BCUT2D eigenvalue weighted by Crippen LogP contribution is -2.19. The lowest BCUT2D eigenvalue weighted by Gasteiger charge is -2.10. The summed E-state index contributed by atoms with van der Waals surface area (Å²) >= 11 is 0. The van der Waals surface area contributed by atoms with E-state index >= 15 is 0 Å². The van der Waals surface area contributed by atoms with Gasteiger partial charge >= 0.3 is 5.97 Å². The molecule has 0 fully saturated rings. The summed E-state index contributed by atoms with van der Waals surface area (Å²) in [6.07, 6.45) is 1.35. The van der Waals surface area contributed by atoms with Gasteiger partial charge in [-0.2, -0.15) is 0 Å². The fourth-order valence-electron chi connectivity index (χ4n) is 1.88. The van der Waals surface area contributed by atoms with E-state index in [9.17, 15) is 9.59 Å². The van der Waals surface area contributed by atoms with Crippen LogP contribution in [0.4, 0.5) is 0 Å². The van der Waals surface area contributed by atoms with E-state index in [-0.39, 0.29) is 11.1 Å². The molecule has 0 unspecified atom stereocenters. The van der Waals surface area contributed by atoms with Crippen LogP contribution in [0.15, 0.2) is 41.3 Å². The first-order chi connectivity index (χ1) is 8.49. The Balaban J connectivity index is 2.66. The highest BCUT2D eigenvalue weighted by molar-refractivity contribution is 5.87. The number of aromatic nitrogens is 1. The Kier molecular flexibility index (Phi) is 3.02. The number of hydrogen-bond acceptors (Lipinski definition) is 2. The van der Waals surface area contributed by atoms with Crippen molar-refractivity contribution < 1.29 is 9.90 Å². The molecule has 0 aliphatic heterocycles. The van der Waals surface area contributed by atoms with Gasteiger partial charge < -0.3 is 5.11 Å². The van der Waals surface area contributed by atoms with Crippen LogP contribution in [0.5, 0.6) is 0 Å². The van der Waals surface area contributed by atoms with E-state index in [4.69, 9.17) is 5.11 Å². The van der Waals surface area contributed by atoms with E-state index in [1.165, 1.54) is 22.9 Å². The molecule has 18 heavy (non-hydrogen) atoms. The number of rotatable bonds is 2. The van der Waals surface area contributed by atoms with E-state index in [1.54, 1.807) is 0 Å². The van der Waals surface area contributed by atoms with Crippen molar-refractivity contribution in [3.8, 4) is 5.69 Å². The highest BCUT2D eigenvalue weighted by Gasteiger charge is 2.08. The average molecular weight is 243 g/mol. The molecule has 2 rings (SSSR count). The van der Waals surface area contributed by atoms with Crippen LogP contribution in [0.1, 0.15) is 21.5 Å². The number of nitrogens with zero attached hydrogens (tertiary/aromatic N) is 1. The van der Waals surface area contributed by atoms with Crippen molar-refractivity contribution >= 4 is 5.97 Å². The summed E-state index contributed by atoms with van der Waals surface area (Å²) in [7, 11) is 0. The van der Waals surface area contributed by atoms with Gasteiger partial charge in [0.25, 0.3) is 5.56 Å². The van der Waals surface area contributed by atoms with Gasteiger partial charge in [0.15, 0.2) is 0 Å². The van der Waals surface area contributed by atoms with Crippen LogP contribution in [0.3, 0.4) is 0 Å². The molecular formula is C14H13NO3. The first kappa shape index (κ1) is 12.1. The Labute approximate surface area is 104 Å². The van der Waals surface area contributed by atoms with Gasteiger partial charge in [0.2, 0.25) is 0 Å². The molecule has 0 radical (unpaired) electrons. The zero-order chi connectivity index (χ0) is 13.3. The highest BCUT2D eigenvalue weighted by Crippen LogP contribution is 2.14. The molecule has 1 N–H and O–H groups in total. The van der Waals surface area contributed by atoms with Crippen LogP contribution in [-0.2, 0) is 0 Å². The Bertz CT molecular complexity index is 671. The first-order valence-electron chi connectivity index (χ1n) is 5.52. The summed E-state index contributed by atoms with van der Waals surface area (Å²) in [5.74, 6) is -1.05. The molecule has 2 aromatic rings. The summed E-state index contributed by atoms with van der Waals surface area (Å²) in [5.41, 5.74) is 2.58. The molecule has 1 aromatic heterocycles. The molecule has 0 saturated heterocycles. The molecule has 1 aromatic carbocycles. The van der Waals surface area contributed by atoms with Crippen molar-refractivity contribution in [3.63, 3.8) is 0 Å². The maximum Gasteiger partial charge on any atom is 0.337 e. The number of carboxylic acid groups (broad SMARTS) is 1. The van der Waals surface area contributed by atoms with Crippen molar-refractivity contribution in [1.29, 1.82) is 0 Å². The maximum atomic E-state index is 11.8. The van der Waals surface area contributed by atoms with Crippen LogP contribution in [-0.4, -0.2) is 15.6 Å². The molecule has 4 heteroatoms. The largest absolute Gasteiger partial charge is 0.478 e. The predicted molar refractivity (Wildman–Crippen MR) is 68.5 cm³/mol. The zero-order valence-corrected chi connectivity index (χ0v) is 10.2. The number of carbonyl (C=O) groups is 1. The van der Waals surface area contributed by atoms with Gasteiger partial charge in [-0.25, -0.2) is 4.79 Å². The van der Waals surface area contributed by atoms with Crippen LogP contribution in [0.2, 0.25) is 0 Å². The van der Waals surface area contributed by atoms with Gasteiger partial charge in [-0.15, -0.1) is 0 Å². The maximum absolute atomic E-state index is 11.8. The summed E-state index contributed by atoms with van der Waals surface area (Å²) in [6.45, 7) is 3.86. The molecular weight excluding hydrogens is 230 g/mol. The summed E-state index contributed by atoms with van der Waals surface area (Å²) in [5, 5.41) is 8.95. The topological polar surface area (TPSA) is 59.3 Å². The quantitative estimate of drug-likeness (QED) is 0.879. The summed E-state index contributed by atoms with van der Waals surface area (Å²) < 4.78 is 1.36. The van der Waals surface area contributed by atoms with Crippen LogP contribution in [0, 0.1) is 13.8 Å². The van der Waals surface area contributed by atoms with Crippen molar-refractivity contribution in [2.24, 2.45) is 0 Å². The van der Waals surface area contributed by atoms with Gasteiger partial charge in [-0.05, 0) is 31.5 Å². The van der Waals surface area contributed by atoms with Crippen molar-refractivity contribution in [2.45, 2.75) is 13.8 Å². The molecule has 0 saturated carbocycles. The summed E-state index contributed by atoms with van der Waals surface area (Å²) in [4.78, 5) is 22.7. The lowest BCUT2D eigenvalue weighted by atomic mass is 10.1. The second-order valence-corrected chi connectivity index (χ2v) is 4.22. The minimum atomic E-state index is -1.05. The van der Waals surface area contributed by atoms with E-state index in [0.717, 1.165) is 11.1 Å². The van der Waals surface area contributed by atoms with Crippen LogP contribution < -0.4 is 5.56 Å². The van der Waals surface area contributed by atoms with E-state index < -0.39 is 5.97 Å². The number of pyridine rings is 1. The highest BCUT2D eigenvalue weighted by atomic mass is 16.4. The number of aryl methyl sites for hydroxylation is 2. The standard InChI is InChI=1S/C14H13NO3/c1-9-3-5-12(10(2)7-9)15-8-11(14(17)18)4-6-13(15)16/h3-8H,1-2H3,(H,17,18). The Morgan fingerprint density at radius 2 is 1.89 bits per heavy atom. The third-order valence-corrected chi connectivity index (χ3v) is 2.77. The molecule has 1 heterocycles. The normalized spacial score (nSPS) is 10.3. The van der Waals surface area contributed by atoms with Crippen LogP contribution in [0.25, 0.3) is 5.69 Å². The van der Waals surface area contributed by atoms with E-state index in [0.29, 0.717) is 5.69 Å². The zero-order valence-electron chi connectivity index (χ0n) is 10.2. The third-order valence-electron chi connectivity index (χ3n) is 2.77. The second kappa shape index (κ2) is 4.49. The number of hydrogen-bond donors (Lipinski definition) is 1. The van der Waals surface area contributed by atoms with Crippen LogP contribution >= 0.6 is 0 Å². The number of carboxylic acids is 1. The summed E-state index contributed by atoms with van der Waals surface area (Å²) in [6, 6.07) is 8.24. The molecule has 0 bridgehead atoms. The monoisotopic (exact) mass is 243 g/mol. The predicted octanol–water partition coefficient (Wildman–Crippen LogP) is 2.15. The van der Waals surface area contributed by atoms with Gasteiger partial charge in [-0.1, -0.05) is 17.7 Å². The number of aromatic carboxylic acids is 1. The van der Waals surface area contributed by atoms with E-state index in [1.807, 2.05) is 32.0 Å². The third kappa shape index (κ3) is 2.18. The van der Waals surface area contributed by atoms with Gasteiger partial charge in [0.1, 0.15) is 0 Å². The molecule has 0 aliphatic carbocycles. The minimum absolute atomic E-state index is 0.0922. The SMILES string of the molecule is Cc1ccc(-n2cc(C(=O)O)ccc2=O)c(C)c1. The fourth-order valence-corrected chi connectivity index (χ4v) is 1.88. The fraction of sp³-hybridized carbons (Fsp3) is 0.143. The first-order valence-corrected chi connectivity index (χ1v) is 5.52. The lowest BCUT2D eigenvalue weighted by molar-refractivity contribution is 0.0696. The Hall–Kier alpha value is -2.36. The molecule has 0 spiro atoms. The molecule has 0 atom stereocenters. The van der Waals surface area contributed by atoms with Crippen molar-refractivity contribution in [1.82, 2.24) is 4.57 Å². The van der Waals surface area contributed by atoms with Gasteiger partial charge in [-0.3, -0.25) is 9.36 Å².